The summed E-state index contributed by atoms with van der Waals surface area (Å²) in [5.41, 5.74) is 0.529. The molecule has 0 bridgehead atoms. The van der Waals surface area contributed by atoms with Crippen molar-refractivity contribution >= 4 is 19.4 Å². The van der Waals surface area contributed by atoms with Gasteiger partial charge >= 0.3 is 34.5 Å². The minimum atomic E-state index is -0.931. The summed E-state index contributed by atoms with van der Waals surface area (Å²) in [4.78, 5) is 0. The first kappa shape index (κ1) is 16.6. The van der Waals surface area contributed by atoms with Crippen LogP contribution in [0.2, 0.25) is 0 Å². The van der Waals surface area contributed by atoms with E-state index < -0.39 is 15.1 Å². The van der Waals surface area contributed by atoms with E-state index in [1.54, 1.807) is 0 Å². The van der Waals surface area contributed by atoms with Gasteiger partial charge in [0.05, 0.1) is 0 Å². The normalized spacial score (nSPS) is 10.0. The summed E-state index contributed by atoms with van der Waals surface area (Å²) < 4.78 is 0. The molecule has 0 heterocycles. The first-order valence-electron chi connectivity index (χ1n) is 4.89. The van der Waals surface area contributed by atoms with Gasteiger partial charge in [0.2, 0.25) is 0 Å². The second-order valence-corrected chi connectivity index (χ2v) is 8.95. The summed E-state index contributed by atoms with van der Waals surface area (Å²) in [5.74, 6) is 0. The van der Waals surface area contributed by atoms with Gasteiger partial charge in [-0.15, -0.1) is 0 Å². The van der Waals surface area contributed by atoms with Crippen molar-refractivity contribution < 1.29 is 15.1 Å². The topological polar surface area (TPSA) is 0 Å². The van der Waals surface area contributed by atoms with Gasteiger partial charge in [-0.05, 0) is 11.8 Å². The molecule has 3 heteroatoms. The zero-order valence-corrected chi connectivity index (χ0v) is 13.7. The van der Waals surface area contributed by atoms with Gasteiger partial charge in [-0.25, -0.2) is 0 Å². The fourth-order valence-electron chi connectivity index (χ4n) is 1.01. The van der Waals surface area contributed by atoms with Crippen molar-refractivity contribution in [2.45, 2.75) is 52.9 Å². The van der Waals surface area contributed by atoms with E-state index >= 15 is 0 Å². The average Bonchev–Trinajstić information content (AvgIpc) is 1.98. The molecule has 0 N–H and O–H groups in total. The van der Waals surface area contributed by atoms with E-state index in [-0.39, 0.29) is 0 Å². The Kier molecular flexibility index (Phi) is 14.4. The van der Waals surface area contributed by atoms with Crippen molar-refractivity contribution in [2.24, 2.45) is 5.41 Å². The van der Waals surface area contributed by atoms with Crippen molar-refractivity contribution in [3.63, 3.8) is 0 Å². The Morgan fingerprint density at radius 1 is 1.08 bits per heavy atom. The van der Waals surface area contributed by atoms with Crippen LogP contribution in [-0.4, -0.2) is 0 Å². The molecule has 0 rings (SSSR count). The third-order valence-corrected chi connectivity index (χ3v) is 1.68. The SMILES string of the molecule is [CH2]CCCCCC(C)(C)C.[Cl][Zn][Cl]. The Hall–Kier alpha value is 1.20. The summed E-state index contributed by atoms with van der Waals surface area (Å²) >= 11 is -0.931. The van der Waals surface area contributed by atoms with Crippen LogP contribution in [-0.2, 0) is 15.1 Å². The van der Waals surface area contributed by atoms with Gasteiger partial charge in [0.15, 0.2) is 0 Å². The standard InChI is InChI=1S/C10H21.2ClH.Zn/c1-5-6-7-8-9-10(2,3)4;;;/h1,5-9H2,2-4H3;2*1H;/q;;;+2/p-2. The molecular weight excluding hydrogens is 256 g/mol. The molecule has 0 aromatic heterocycles. The maximum absolute atomic E-state index is 4.95. The van der Waals surface area contributed by atoms with Crippen LogP contribution in [0.4, 0.5) is 0 Å². The van der Waals surface area contributed by atoms with Gasteiger partial charge in [0.1, 0.15) is 0 Å². The van der Waals surface area contributed by atoms with Gasteiger partial charge < -0.3 is 0 Å². The Labute approximate surface area is 99.4 Å². The van der Waals surface area contributed by atoms with Crippen molar-refractivity contribution in [1.82, 2.24) is 0 Å². The van der Waals surface area contributed by atoms with E-state index in [9.17, 15) is 0 Å². The van der Waals surface area contributed by atoms with Gasteiger partial charge in [0.25, 0.3) is 0 Å². The Morgan fingerprint density at radius 3 is 1.85 bits per heavy atom. The van der Waals surface area contributed by atoms with Crippen LogP contribution >= 0.6 is 19.4 Å². The summed E-state index contributed by atoms with van der Waals surface area (Å²) in [6.07, 6.45) is 6.49. The molecule has 0 fully saturated rings. The van der Waals surface area contributed by atoms with E-state index in [4.69, 9.17) is 19.4 Å². The maximum atomic E-state index is 4.95. The molecule has 0 unspecified atom stereocenters. The van der Waals surface area contributed by atoms with E-state index in [1.165, 1.54) is 25.7 Å². The molecule has 0 aliphatic rings. The summed E-state index contributed by atoms with van der Waals surface area (Å²) in [6, 6.07) is 0. The molecule has 0 nitrogen and oxygen atoms in total. The van der Waals surface area contributed by atoms with Crippen LogP contribution in [0.15, 0.2) is 0 Å². The predicted molar refractivity (Wildman–Crippen MR) is 59.6 cm³/mol. The third kappa shape index (κ3) is 24.6. The van der Waals surface area contributed by atoms with Crippen molar-refractivity contribution in [3.05, 3.63) is 6.92 Å². The summed E-state index contributed by atoms with van der Waals surface area (Å²) in [6.45, 7) is 10.7. The molecule has 0 aliphatic heterocycles. The summed E-state index contributed by atoms with van der Waals surface area (Å²) in [5, 5.41) is 0. The van der Waals surface area contributed by atoms with E-state index in [2.05, 4.69) is 27.7 Å². The molecule has 13 heavy (non-hydrogen) atoms. The molecule has 0 aromatic rings. The van der Waals surface area contributed by atoms with E-state index in [0.717, 1.165) is 6.42 Å². The first-order chi connectivity index (χ1) is 5.97. The first-order valence-corrected chi connectivity index (χ1v) is 12.7. The van der Waals surface area contributed by atoms with E-state index in [0.29, 0.717) is 5.41 Å². The van der Waals surface area contributed by atoms with Crippen LogP contribution in [0.5, 0.6) is 0 Å². The fraction of sp³-hybridized carbons (Fsp3) is 0.900. The Bertz CT molecular complexity index is 89.4. The van der Waals surface area contributed by atoms with Crippen molar-refractivity contribution in [2.75, 3.05) is 0 Å². The number of hydrogen-bond acceptors (Lipinski definition) is 0. The van der Waals surface area contributed by atoms with Crippen molar-refractivity contribution in [3.8, 4) is 0 Å². The molecule has 0 saturated heterocycles. The molecule has 0 aliphatic carbocycles. The molecular formula is C10H21Cl2Zn. The zero-order chi connectivity index (χ0) is 10.7. The molecule has 0 atom stereocenters. The van der Waals surface area contributed by atoms with E-state index in [1.807, 2.05) is 0 Å². The van der Waals surface area contributed by atoms with Crippen molar-refractivity contribution in [1.29, 1.82) is 0 Å². The van der Waals surface area contributed by atoms with Crippen LogP contribution < -0.4 is 0 Å². The fourth-order valence-corrected chi connectivity index (χ4v) is 1.01. The second kappa shape index (κ2) is 11.3. The zero-order valence-electron chi connectivity index (χ0n) is 9.21. The van der Waals surface area contributed by atoms with Crippen LogP contribution in [0, 0.1) is 12.3 Å². The number of rotatable bonds is 4. The number of halogens is 2. The van der Waals surface area contributed by atoms with Crippen LogP contribution in [0.25, 0.3) is 0 Å². The summed E-state index contributed by atoms with van der Waals surface area (Å²) in [7, 11) is 9.90. The van der Waals surface area contributed by atoms with Gasteiger partial charge in [0, 0.05) is 0 Å². The number of hydrogen-bond donors (Lipinski definition) is 0. The Morgan fingerprint density at radius 2 is 1.54 bits per heavy atom. The molecule has 0 amide bonds. The Balaban J connectivity index is 0. The minimum absolute atomic E-state index is 0.529. The predicted octanol–water partition coefficient (Wildman–Crippen LogP) is 5.19. The monoisotopic (exact) mass is 275 g/mol. The molecule has 0 aromatic carbocycles. The van der Waals surface area contributed by atoms with Gasteiger partial charge in [-0.2, -0.15) is 0 Å². The molecule has 0 saturated carbocycles. The third-order valence-electron chi connectivity index (χ3n) is 1.68. The second-order valence-electron chi connectivity index (χ2n) is 4.33. The number of unbranched alkanes of at least 4 members (excludes halogenated alkanes) is 3. The molecule has 1 radical (unpaired) electrons. The molecule has 77 valence electrons. The van der Waals surface area contributed by atoms with Crippen LogP contribution in [0.3, 0.4) is 0 Å². The van der Waals surface area contributed by atoms with Gasteiger partial charge in [-0.3, -0.25) is 0 Å². The van der Waals surface area contributed by atoms with Gasteiger partial charge in [-0.1, -0.05) is 53.4 Å². The van der Waals surface area contributed by atoms with Crippen LogP contribution in [0.1, 0.15) is 52.9 Å². The quantitative estimate of drug-likeness (QED) is 0.490. The average molecular weight is 278 g/mol. The molecule has 0 spiro atoms.